The van der Waals surface area contributed by atoms with E-state index in [1.807, 2.05) is 6.07 Å². The number of nitrogens with two attached hydrogens (primary N) is 1. The van der Waals surface area contributed by atoms with Crippen LogP contribution in [0.4, 0.5) is 5.69 Å². The van der Waals surface area contributed by atoms with Gasteiger partial charge in [0, 0.05) is 7.05 Å². The van der Waals surface area contributed by atoms with Gasteiger partial charge in [0.1, 0.15) is 0 Å². The second-order valence-electron chi connectivity index (χ2n) is 3.13. The van der Waals surface area contributed by atoms with Gasteiger partial charge in [-0.25, -0.2) is 5.01 Å². The summed E-state index contributed by atoms with van der Waals surface area (Å²) in [6.07, 6.45) is 0. The molecule has 2 N–H and O–H groups in total. The fourth-order valence-corrected chi connectivity index (χ4v) is 1.43. The average molecular weight is 164 g/mol. The van der Waals surface area contributed by atoms with Crippen molar-refractivity contribution < 1.29 is 5.53 Å². The summed E-state index contributed by atoms with van der Waals surface area (Å²) in [4.78, 5) is 0. The minimum atomic E-state index is 1.10. The van der Waals surface area contributed by atoms with Crippen LogP contribution in [-0.4, -0.2) is 25.1 Å². The predicted molar refractivity (Wildman–Crippen MR) is 48.3 cm³/mol. The Morgan fingerprint density at radius 2 is 1.92 bits per heavy atom. The Labute approximate surface area is 72.5 Å². The molecule has 1 fully saturated rings. The molecule has 3 heteroatoms. The molecular weight excluding hydrogens is 150 g/mol. The molecule has 1 saturated heterocycles. The van der Waals surface area contributed by atoms with Crippen molar-refractivity contribution in [2.75, 3.05) is 25.1 Å². The van der Waals surface area contributed by atoms with Crippen LogP contribution in [0.1, 0.15) is 0 Å². The molecule has 12 heavy (non-hydrogen) atoms. The van der Waals surface area contributed by atoms with Gasteiger partial charge in [0.05, 0.1) is 18.8 Å². The summed E-state index contributed by atoms with van der Waals surface area (Å²) in [6, 6.07) is 10.5. The van der Waals surface area contributed by atoms with Gasteiger partial charge in [0.25, 0.3) is 0 Å². The lowest BCUT2D eigenvalue weighted by Gasteiger charge is -2.13. The van der Waals surface area contributed by atoms with Gasteiger partial charge in [-0.1, -0.05) is 18.2 Å². The van der Waals surface area contributed by atoms with Gasteiger partial charge in [-0.3, -0.25) is 0 Å². The normalized spacial score (nSPS) is 18.6. The first kappa shape index (κ1) is 7.58. The molecule has 2 rings (SSSR count). The van der Waals surface area contributed by atoms with Crippen molar-refractivity contribution in [1.29, 1.82) is 0 Å². The minimum absolute atomic E-state index is 1.10. The Morgan fingerprint density at radius 1 is 1.17 bits per heavy atom. The molecule has 0 saturated carbocycles. The molecule has 0 unspecified atom stereocenters. The number of likely N-dealkylation sites (N-methyl/N-ethyl adjacent to an activating group) is 1. The molecule has 3 nitrogen and oxygen atoms in total. The second-order valence-corrected chi connectivity index (χ2v) is 3.13. The van der Waals surface area contributed by atoms with Crippen LogP contribution in [0.15, 0.2) is 30.3 Å². The number of hydrogen-bond donors (Lipinski definition) is 1. The highest BCUT2D eigenvalue weighted by atomic mass is 15.8. The largest absolute Gasteiger partial charge is 0.207 e. The van der Waals surface area contributed by atoms with E-state index in [1.54, 1.807) is 0 Å². The van der Waals surface area contributed by atoms with E-state index >= 15 is 0 Å². The standard InChI is InChI=1S/C9H13N3/c1-11-7-8-12(10-11)9-5-3-2-4-6-9/h2-6,10H,7-8H2,1H3/p+1. The van der Waals surface area contributed by atoms with Gasteiger partial charge in [0.15, 0.2) is 0 Å². The van der Waals surface area contributed by atoms with E-state index in [-0.39, 0.29) is 0 Å². The summed E-state index contributed by atoms with van der Waals surface area (Å²) in [5.41, 5.74) is 3.43. The lowest BCUT2D eigenvalue weighted by molar-refractivity contribution is -0.788. The zero-order valence-electron chi connectivity index (χ0n) is 7.27. The number of rotatable bonds is 1. The lowest BCUT2D eigenvalue weighted by Crippen LogP contribution is -2.97. The van der Waals surface area contributed by atoms with E-state index in [4.69, 9.17) is 0 Å². The topological polar surface area (TPSA) is 23.1 Å². The number of quaternary nitrogens is 1. The van der Waals surface area contributed by atoms with Gasteiger partial charge in [-0.05, 0) is 12.1 Å². The van der Waals surface area contributed by atoms with E-state index in [9.17, 15) is 0 Å². The van der Waals surface area contributed by atoms with Gasteiger partial charge >= 0.3 is 0 Å². The molecule has 1 heterocycles. The van der Waals surface area contributed by atoms with Crippen LogP contribution in [0.5, 0.6) is 0 Å². The fraction of sp³-hybridized carbons (Fsp3) is 0.333. The number of benzene rings is 1. The van der Waals surface area contributed by atoms with Crippen LogP contribution in [0.25, 0.3) is 0 Å². The maximum atomic E-state index is 2.26. The highest BCUT2D eigenvalue weighted by Gasteiger charge is 2.19. The zero-order chi connectivity index (χ0) is 8.39. The van der Waals surface area contributed by atoms with Crippen molar-refractivity contribution in [2.45, 2.75) is 0 Å². The molecule has 0 bridgehead atoms. The SMILES string of the molecule is CN1CCN(c2ccccc2)[NH2+]1. The first-order valence-electron chi connectivity index (χ1n) is 4.23. The van der Waals surface area contributed by atoms with E-state index in [2.05, 4.69) is 46.9 Å². The van der Waals surface area contributed by atoms with Gasteiger partial charge in [-0.15, -0.1) is 5.01 Å². The van der Waals surface area contributed by atoms with Gasteiger partial charge in [-0.2, -0.15) is 5.53 Å². The molecule has 0 radical (unpaired) electrons. The molecule has 64 valence electrons. The van der Waals surface area contributed by atoms with Crippen LogP contribution in [0, 0.1) is 0 Å². The van der Waals surface area contributed by atoms with Crippen molar-refractivity contribution in [3.05, 3.63) is 30.3 Å². The minimum Gasteiger partial charge on any atom is -0.207 e. The smallest absolute Gasteiger partial charge is 0.0901 e. The number of hydrogen-bond acceptors (Lipinski definition) is 2. The van der Waals surface area contributed by atoms with Gasteiger partial charge in [0.2, 0.25) is 0 Å². The fourth-order valence-electron chi connectivity index (χ4n) is 1.43. The Kier molecular flexibility index (Phi) is 1.98. The van der Waals surface area contributed by atoms with Crippen LogP contribution in [-0.2, 0) is 0 Å². The molecular formula is C9H14N3+. The second kappa shape index (κ2) is 3.13. The maximum Gasteiger partial charge on any atom is 0.0901 e. The summed E-state index contributed by atoms with van der Waals surface area (Å²) in [5.74, 6) is 0. The third-order valence-corrected chi connectivity index (χ3v) is 2.12. The van der Waals surface area contributed by atoms with Crippen molar-refractivity contribution >= 4 is 5.69 Å². The van der Waals surface area contributed by atoms with Crippen LogP contribution < -0.4 is 10.5 Å². The third kappa shape index (κ3) is 1.42. The molecule has 0 spiro atoms. The first-order chi connectivity index (χ1) is 5.86. The highest BCUT2D eigenvalue weighted by molar-refractivity contribution is 5.42. The molecule has 1 aromatic rings. The average Bonchev–Trinajstić information content (AvgIpc) is 2.54. The Balaban J connectivity index is 2.11. The summed E-state index contributed by atoms with van der Waals surface area (Å²) in [5, 5.41) is 4.47. The zero-order valence-corrected chi connectivity index (χ0v) is 7.27. The lowest BCUT2D eigenvalue weighted by atomic mass is 10.3. The van der Waals surface area contributed by atoms with Gasteiger partial charge < -0.3 is 0 Å². The quantitative estimate of drug-likeness (QED) is 0.582. The Hall–Kier alpha value is -1.06. The Morgan fingerprint density at radius 3 is 2.50 bits per heavy atom. The van der Waals surface area contributed by atoms with E-state index in [1.165, 1.54) is 5.69 Å². The van der Waals surface area contributed by atoms with Crippen molar-refractivity contribution in [1.82, 2.24) is 5.01 Å². The van der Waals surface area contributed by atoms with Crippen LogP contribution in [0.2, 0.25) is 0 Å². The van der Waals surface area contributed by atoms with Crippen molar-refractivity contribution in [2.24, 2.45) is 0 Å². The molecule has 0 atom stereocenters. The molecule has 0 aliphatic carbocycles. The molecule has 1 aromatic carbocycles. The van der Waals surface area contributed by atoms with E-state index < -0.39 is 0 Å². The number of nitrogens with zero attached hydrogens (tertiary/aromatic N) is 2. The predicted octanol–water partition coefficient (Wildman–Crippen LogP) is -0.168. The van der Waals surface area contributed by atoms with E-state index in [0.717, 1.165) is 13.1 Å². The summed E-state index contributed by atoms with van der Waals surface area (Å²) >= 11 is 0. The van der Waals surface area contributed by atoms with E-state index in [0.29, 0.717) is 0 Å². The number of anilines is 1. The first-order valence-corrected chi connectivity index (χ1v) is 4.23. The van der Waals surface area contributed by atoms with Crippen LogP contribution in [0.3, 0.4) is 0 Å². The van der Waals surface area contributed by atoms with Crippen molar-refractivity contribution in [3.63, 3.8) is 0 Å². The monoisotopic (exact) mass is 164 g/mol. The molecule has 0 amide bonds. The molecule has 1 aliphatic rings. The van der Waals surface area contributed by atoms with Crippen molar-refractivity contribution in [3.8, 4) is 0 Å². The summed E-state index contributed by atoms with van der Waals surface area (Å²) in [7, 11) is 2.10. The number of para-hydroxylation sites is 1. The highest BCUT2D eigenvalue weighted by Crippen LogP contribution is 2.09. The molecule has 0 aromatic heterocycles. The summed E-state index contributed by atoms with van der Waals surface area (Å²) in [6.45, 7) is 2.22. The van der Waals surface area contributed by atoms with Crippen LogP contribution >= 0.6 is 0 Å². The molecule has 1 aliphatic heterocycles. The Bertz CT molecular complexity index is 247. The maximum absolute atomic E-state index is 2.26. The third-order valence-electron chi connectivity index (χ3n) is 2.12. The summed E-state index contributed by atoms with van der Waals surface area (Å²) < 4.78 is 0.